The van der Waals surface area contributed by atoms with Crippen LogP contribution in [0.5, 0.6) is 0 Å². The number of hydrazine groups is 1. The fourth-order valence-corrected chi connectivity index (χ4v) is 2.99. The van der Waals surface area contributed by atoms with Gasteiger partial charge < -0.3 is 0 Å². The predicted octanol–water partition coefficient (Wildman–Crippen LogP) is 1.67. The molecule has 1 aromatic rings. The first kappa shape index (κ1) is 14.8. The van der Waals surface area contributed by atoms with Crippen molar-refractivity contribution in [3.05, 3.63) is 34.9 Å². The molecule has 0 saturated carbocycles. The van der Waals surface area contributed by atoms with Gasteiger partial charge in [-0.05, 0) is 30.0 Å². The second-order valence-electron chi connectivity index (χ2n) is 5.33. The number of carbonyl (C=O) groups excluding carboxylic acids is 3. The number of fused-ring (bicyclic) bond motifs is 1. The molecule has 2 aliphatic rings. The van der Waals surface area contributed by atoms with Gasteiger partial charge in [-0.1, -0.05) is 12.1 Å². The zero-order valence-corrected chi connectivity index (χ0v) is 12.7. The van der Waals surface area contributed by atoms with Crippen LogP contribution in [0, 0.1) is 0 Å². The topological polar surface area (TPSA) is 69.7 Å². The van der Waals surface area contributed by atoms with Crippen LogP contribution in [0.4, 0.5) is 4.79 Å². The molecule has 1 fully saturated rings. The Morgan fingerprint density at radius 2 is 2.00 bits per heavy atom. The van der Waals surface area contributed by atoms with Crippen molar-refractivity contribution in [3.63, 3.8) is 0 Å². The monoisotopic (exact) mass is 321 g/mol. The Kier molecular flexibility index (Phi) is 4.02. The second kappa shape index (κ2) is 5.96. The number of amides is 4. The Hall–Kier alpha value is -2.08. The van der Waals surface area contributed by atoms with E-state index in [-0.39, 0.29) is 24.8 Å². The molecule has 0 aliphatic carbocycles. The summed E-state index contributed by atoms with van der Waals surface area (Å²) in [4.78, 5) is 35.7. The van der Waals surface area contributed by atoms with Crippen molar-refractivity contribution in [3.8, 4) is 0 Å². The van der Waals surface area contributed by atoms with Gasteiger partial charge in [-0.15, -0.1) is 11.6 Å². The van der Waals surface area contributed by atoms with Gasteiger partial charge in [-0.3, -0.25) is 14.9 Å². The number of alkyl halides is 1. The smallest absolute Gasteiger partial charge is 0.276 e. The SMILES string of the molecule is O=C1CCN(N2Cc3c(CCCCl)cccc3C2=O)C(=O)N1. The number of halogens is 1. The molecule has 2 aliphatic heterocycles. The lowest BCUT2D eigenvalue weighted by Gasteiger charge is -2.33. The summed E-state index contributed by atoms with van der Waals surface area (Å²) in [5.74, 6) is 0.0539. The van der Waals surface area contributed by atoms with E-state index in [4.69, 9.17) is 11.6 Å². The summed E-state index contributed by atoms with van der Waals surface area (Å²) in [6.07, 6.45) is 1.84. The van der Waals surface area contributed by atoms with E-state index in [1.165, 1.54) is 10.0 Å². The van der Waals surface area contributed by atoms with Crippen LogP contribution in [0.1, 0.15) is 34.3 Å². The number of nitrogens with zero attached hydrogens (tertiary/aromatic N) is 2. The lowest BCUT2D eigenvalue weighted by Crippen LogP contribution is -2.56. The Morgan fingerprint density at radius 1 is 1.18 bits per heavy atom. The van der Waals surface area contributed by atoms with Gasteiger partial charge in [-0.2, -0.15) is 0 Å². The number of rotatable bonds is 4. The molecule has 1 saturated heterocycles. The molecule has 0 spiro atoms. The van der Waals surface area contributed by atoms with Gasteiger partial charge in [-0.25, -0.2) is 14.8 Å². The van der Waals surface area contributed by atoms with Crippen molar-refractivity contribution in [2.75, 3.05) is 12.4 Å². The van der Waals surface area contributed by atoms with Crippen LogP contribution in [0.3, 0.4) is 0 Å². The van der Waals surface area contributed by atoms with E-state index in [1.807, 2.05) is 12.1 Å². The third kappa shape index (κ3) is 2.54. The molecule has 7 heteroatoms. The minimum atomic E-state index is -0.542. The third-order valence-electron chi connectivity index (χ3n) is 3.95. The fourth-order valence-electron chi connectivity index (χ4n) is 2.85. The average Bonchev–Trinajstić information content (AvgIpc) is 2.83. The molecule has 22 heavy (non-hydrogen) atoms. The van der Waals surface area contributed by atoms with Crippen LogP contribution in [-0.2, 0) is 17.8 Å². The largest absolute Gasteiger partial charge is 0.342 e. The van der Waals surface area contributed by atoms with Gasteiger partial charge in [0, 0.05) is 17.9 Å². The highest BCUT2D eigenvalue weighted by atomic mass is 35.5. The molecule has 6 nitrogen and oxygen atoms in total. The van der Waals surface area contributed by atoms with Crippen molar-refractivity contribution in [2.24, 2.45) is 0 Å². The van der Waals surface area contributed by atoms with Crippen molar-refractivity contribution in [1.82, 2.24) is 15.3 Å². The summed E-state index contributed by atoms with van der Waals surface area (Å²) in [6, 6.07) is 5.07. The number of hydrogen-bond donors (Lipinski definition) is 1. The zero-order chi connectivity index (χ0) is 15.7. The predicted molar refractivity (Wildman–Crippen MR) is 80.2 cm³/mol. The first-order valence-electron chi connectivity index (χ1n) is 7.21. The summed E-state index contributed by atoms with van der Waals surface area (Å²) < 4.78 is 0. The van der Waals surface area contributed by atoms with Crippen molar-refractivity contribution >= 4 is 29.4 Å². The molecular formula is C15H16ClN3O3. The molecule has 116 valence electrons. The van der Waals surface area contributed by atoms with Crippen LogP contribution in [-0.4, -0.2) is 40.3 Å². The van der Waals surface area contributed by atoms with Crippen molar-refractivity contribution < 1.29 is 14.4 Å². The van der Waals surface area contributed by atoms with E-state index in [2.05, 4.69) is 5.32 Å². The Bertz CT molecular complexity index is 647. The maximum atomic E-state index is 12.5. The number of aryl methyl sites for hydroxylation is 1. The van der Waals surface area contributed by atoms with E-state index in [0.717, 1.165) is 24.0 Å². The Labute approximate surface area is 133 Å². The maximum Gasteiger partial charge on any atom is 0.342 e. The quantitative estimate of drug-likeness (QED) is 0.858. The second-order valence-corrected chi connectivity index (χ2v) is 5.70. The molecule has 0 atom stereocenters. The van der Waals surface area contributed by atoms with E-state index in [0.29, 0.717) is 18.0 Å². The summed E-state index contributed by atoms with van der Waals surface area (Å²) in [6.45, 7) is 0.579. The van der Waals surface area contributed by atoms with E-state index in [9.17, 15) is 14.4 Å². The molecule has 0 radical (unpaired) electrons. The first-order chi connectivity index (χ1) is 10.6. The van der Waals surface area contributed by atoms with Gasteiger partial charge in [0.2, 0.25) is 5.91 Å². The lowest BCUT2D eigenvalue weighted by atomic mass is 10.00. The molecule has 0 aromatic heterocycles. The van der Waals surface area contributed by atoms with E-state index in [1.54, 1.807) is 6.07 Å². The normalized spacial score (nSPS) is 17.8. The molecule has 1 N–H and O–H groups in total. The van der Waals surface area contributed by atoms with Gasteiger partial charge >= 0.3 is 6.03 Å². The highest BCUT2D eigenvalue weighted by Gasteiger charge is 2.37. The van der Waals surface area contributed by atoms with Crippen molar-refractivity contribution in [1.29, 1.82) is 0 Å². The number of imide groups is 1. The lowest BCUT2D eigenvalue weighted by molar-refractivity contribution is -0.123. The highest BCUT2D eigenvalue weighted by molar-refractivity contribution is 6.17. The summed E-state index contributed by atoms with van der Waals surface area (Å²) >= 11 is 5.74. The summed E-state index contributed by atoms with van der Waals surface area (Å²) in [7, 11) is 0. The van der Waals surface area contributed by atoms with E-state index < -0.39 is 6.03 Å². The highest BCUT2D eigenvalue weighted by Crippen LogP contribution is 2.28. The van der Waals surface area contributed by atoms with Gasteiger partial charge in [0.1, 0.15) is 0 Å². The van der Waals surface area contributed by atoms with Crippen LogP contribution < -0.4 is 5.32 Å². The van der Waals surface area contributed by atoms with Gasteiger partial charge in [0.15, 0.2) is 0 Å². The van der Waals surface area contributed by atoms with Crippen LogP contribution in [0.2, 0.25) is 0 Å². The summed E-state index contributed by atoms with van der Waals surface area (Å²) in [5.41, 5.74) is 2.65. The molecule has 0 bridgehead atoms. The van der Waals surface area contributed by atoms with Crippen LogP contribution in [0.25, 0.3) is 0 Å². The number of hydrogen-bond acceptors (Lipinski definition) is 3. The number of urea groups is 1. The molecule has 3 rings (SSSR count). The van der Waals surface area contributed by atoms with Crippen LogP contribution in [0.15, 0.2) is 18.2 Å². The number of carbonyl (C=O) groups is 3. The average molecular weight is 322 g/mol. The molecular weight excluding hydrogens is 306 g/mol. The minimum absolute atomic E-state index is 0.199. The Morgan fingerprint density at radius 3 is 2.73 bits per heavy atom. The van der Waals surface area contributed by atoms with Gasteiger partial charge in [0.25, 0.3) is 5.91 Å². The Balaban J connectivity index is 1.84. The molecule has 2 heterocycles. The van der Waals surface area contributed by atoms with E-state index >= 15 is 0 Å². The fraction of sp³-hybridized carbons (Fsp3) is 0.400. The standard InChI is InChI=1S/C15H16ClN3O3/c16-7-2-4-10-3-1-5-11-12(10)9-19(14(11)21)18-8-6-13(20)17-15(18)22/h1,3,5H,2,4,6-9H2,(H,17,20,22). The summed E-state index contributed by atoms with van der Waals surface area (Å²) in [5, 5.41) is 4.97. The zero-order valence-electron chi connectivity index (χ0n) is 12.0. The minimum Gasteiger partial charge on any atom is -0.276 e. The number of nitrogens with one attached hydrogen (secondary N) is 1. The third-order valence-corrected chi connectivity index (χ3v) is 4.22. The van der Waals surface area contributed by atoms with Crippen LogP contribution >= 0.6 is 11.6 Å². The van der Waals surface area contributed by atoms with Gasteiger partial charge in [0.05, 0.1) is 13.1 Å². The van der Waals surface area contributed by atoms with Crippen molar-refractivity contribution in [2.45, 2.75) is 25.8 Å². The molecule has 0 unspecified atom stereocenters. The maximum absolute atomic E-state index is 12.5. The number of benzene rings is 1. The molecule has 1 aromatic carbocycles. The first-order valence-corrected chi connectivity index (χ1v) is 7.75. The molecule has 4 amide bonds.